The molecule has 1 heteroatoms. The molecule has 0 saturated carbocycles. The summed E-state index contributed by atoms with van der Waals surface area (Å²) in [6.45, 7) is 5.36. The maximum absolute atomic E-state index is 5.96. The third kappa shape index (κ3) is 15.5. The van der Waals surface area contributed by atoms with Crippen LogP contribution < -0.4 is 4.74 Å². The van der Waals surface area contributed by atoms with Crippen molar-refractivity contribution in [2.45, 2.75) is 136 Å². The van der Waals surface area contributed by atoms with E-state index < -0.39 is 0 Å². The first-order valence-electron chi connectivity index (χ1n) is 13.1. The molecule has 0 aliphatic rings. The maximum atomic E-state index is 5.96. The summed E-state index contributed by atoms with van der Waals surface area (Å²) in [6, 6.07) is 8.62. The minimum absolute atomic E-state index is 0.854. The molecule has 168 valence electrons. The molecule has 0 saturated heterocycles. The third-order valence-corrected chi connectivity index (χ3v) is 6.03. The van der Waals surface area contributed by atoms with Crippen LogP contribution >= 0.6 is 0 Å². The van der Waals surface area contributed by atoms with Gasteiger partial charge in [0.2, 0.25) is 0 Å². The van der Waals surface area contributed by atoms with E-state index in [9.17, 15) is 0 Å². The van der Waals surface area contributed by atoms with Crippen molar-refractivity contribution in [1.29, 1.82) is 0 Å². The predicted molar refractivity (Wildman–Crippen MR) is 130 cm³/mol. The van der Waals surface area contributed by atoms with E-state index in [1.54, 1.807) is 0 Å². The number of hydrogen-bond donors (Lipinski definition) is 0. The molecule has 0 N–H and O–H groups in total. The van der Waals surface area contributed by atoms with Gasteiger partial charge in [-0.2, -0.15) is 0 Å². The third-order valence-electron chi connectivity index (χ3n) is 6.03. The lowest BCUT2D eigenvalue weighted by molar-refractivity contribution is 0.306. The molecule has 0 aromatic heterocycles. The molecule has 1 rings (SSSR count). The van der Waals surface area contributed by atoms with Crippen molar-refractivity contribution >= 4 is 0 Å². The van der Waals surface area contributed by atoms with Gasteiger partial charge in [0, 0.05) is 0 Å². The van der Waals surface area contributed by atoms with Gasteiger partial charge in [-0.15, -0.1) is 0 Å². The first kappa shape index (κ1) is 26.1. The summed E-state index contributed by atoms with van der Waals surface area (Å²) in [4.78, 5) is 0. The highest BCUT2D eigenvalue weighted by Crippen LogP contribution is 2.21. The van der Waals surface area contributed by atoms with Crippen LogP contribution in [0.3, 0.4) is 0 Å². The Morgan fingerprint density at radius 1 is 0.517 bits per heavy atom. The summed E-state index contributed by atoms with van der Waals surface area (Å²) in [6.07, 6.45) is 26.4. The number of hydrogen-bond acceptors (Lipinski definition) is 1. The number of benzene rings is 1. The molecule has 0 aliphatic heterocycles. The number of rotatable bonds is 21. The van der Waals surface area contributed by atoms with Gasteiger partial charge in [-0.25, -0.2) is 0 Å². The van der Waals surface area contributed by atoms with Gasteiger partial charge in [0.15, 0.2) is 0 Å². The molecule has 0 spiro atoms. The second kappa shape index (κ2) is 20.3. The largest absolute Gasteiger partial charge is 0.493 e. The fourth-order valence-electron chi connectivity index (χ4n) is 4.04. The molecular formula is C28H50O. The van der Waals surface area contributed by atoms with Crippen LogP contribution in [0, 0.1) is 0 Å². The fraction of sp³-hybridized carbons (Fsp3) is 0.786. The topological polar surface area (TPSA) is 9.23 Å². The van der Waals surface area contributed by atoms with Gasteiger partial charge in [-0.3, -0.25) is 0 Å². The Morgan fingerprint density at radius 2 is 0.966 bits per heavy atom. The lowest BCUT2D eigenvalue weighted by atomic mass is 10.0. The lowest BCUT2D eigenvalue weighted by Crippen LogP contribution is -2.00. The summed E-state index contributed by atoms with van der Waals surface area (Å²) in [5.41, 5.74) is 1.40. The quantitative estimate of drug-likeness (QED) is 0.186. The number of aryl methyl sites for hydroxylation is 1. The summed E-state index contributed by atoms with van der Waals surface area (Å²) >= 11 is 0. The Balaban J connectivity index is 1.88. The second-order valence-corrected chi connectivity index (χ2v) is 8.86. The first-order chi connectivity index (χ1) is 14.4. The van der Waals surface area contributed by atoms with Crippen molar-refractivity contribution in [2.75, 3.05) is 6.61 Å². The van der Waals surface area contributed by atoms with Crippen LogP contribution in [0.1, 0.15) is 135 Å². The van der Waals surface area contributed by atoms with Gasteiger partial charge in [0.1, 0.15) is 5.75 Å². The lowest BCUT2D eigenvalue weighted by Gasteiger charge is -2.11. The average Bonchev–Trinajstić information content (AvgIpc) is 2.74. The molecule has 29 heavy (non-hydrogen) atoms. The van der Waals surface area contributed by atoms with E-state index in [1.165, 1.54) is 121 Å². The van der Waals surface area contributed by atoms with Crippen LogP contribution in [-0.4, -0.2) is 6.61 Å². The summed E-state index contributed by atoms with van der Waals surface area (Å²) in [7, 11) is 0. The van der Waals surface area contributed by atoms with Gasteiger partial charge < -0.3 is 4.74 Å². The molecule has 0 unspecified atom stereocenters. The predicted octanol–water partition coefficient (Wildman–Crippen LogP) is 9.67. The molecule has 1 nitrogen and oxygen atoms in total. The van der Waals surface area contributed by atoms with Crippen molar-refractivity contribution in [3.63, 3.8) is 0 Å². The zero-order valence-electron chi connectivity index (χ0n) is 19.9. The minimum atomic E-state index is 0.854. The van der Waals surface area contributed by atoms with Crippen LogP contribution in [-0.2, 0) is 6.42 Å². The van der Waals surface area contributed by atoms with Crippen LogP contribution in [0.4, 0.5) is 0 Å². The van der Waals surface area contributed by atoms with Crippen molar-refractivity contribution in [3.05, 3.63) is 29.8 Å². The first-order valence-corrected chi connectivity index (χ1v) is 13.1. The summed E-state index contributed by atoms with van der Waals surface area (Å²) in [5, 5.41) is 0. The number of ether oxygens (including phenoxy) is 1. The molecule has 0 heterocycles. The highest BCUT2D eigenvalue weighted by atomic mass is 16.5. The van der Waals surface area contributed by atoms with Gasteiger partial charge in [0.25, 0.3) is 0 Å². The molecule has 0 aliphatic carbocycles. The van der Waals surface area contributed by atoms with E-state index in [4.69, 9.17) is 4.74 Å². The molecule has 0 amide bonds. The number of para-hydroxylation sites is 1. The molecule has 1 aromatic carbocycles. The highest BCUT2D eigenvalue weighted by molar-refractivity contribution is 5.33. The fourth-order valence-corrected chi connectivity index (χ4v) is 4.04. The van der Waals surface area contributed by atoms with Crippen LogP contribution in [0.2, 0.25) is 0 Å². The minimum Gasteiger partial charge on any atom is -0.493 e. The normalized spacial score (nSPS) is 11.1. The van der Waals surface area contributed by atoms with E-state index in [0.717, 1.165) is 18.8 Å². The molecular weight excluding hydrogens is 352 g/mol. The van der Waals surface area contributed by atoms with Crippen molar-refractivity contribution in [3.8, 4) is 5.75 Å². The van der Waals surface area contributed by atoms with Crippen molar-refractivity contribution < 1.29 is 4.74 Å². The Morgan fingerprint density at radius 3 is 1.48 bits per heavy atom. The van der Waals surface area contributed by atoms with Crippen LogP contribution in [0.5, 0.6) is 5.75 Å². The molecule has 1 aromatic rings. The Bertz CT molecular complexity index is 453. The SMILES string of the molecule is CCCCCCCCCCCCCCCCCCc1ccccc1OCCCC. The molecule has 0 radical (unpaired) electrons. The van der Waals surface area contributed by atoms with E-state index >= 15 is 0 Å². The van der Waals surface area contributed by atoms with Crippen molar-refractivity contribution in [1.82, 2.24) is 0 Å². The Kier molecular flexibility index (Phi) is 18.2. The summed E-state index contributed by atoms with van der Waals surface area (Å²) in [5.74, 6) is 1.11. The van der Waals surface area contributed by atoms with E-state index in [1.807, 2.05) is 0 Å². The monoisotopic (exact) mass is 402 g/mol. The zero-order chi connectivity index (χ0) is 20.8. The van der Waals surface area contributed by atoms with E-state index in [-0.39, 0.29) is 0 Å². The summed E-state index contributed by atoms with van der Waals surface area (Å²) < 4.78 is 5.96. The average molecular weight is 403 g/mol. The van der Waals surface area contributed by atoms with Crippen molar-refractivity contribution in [2.24, 2.45) is 0 Å². The number of unbranched alkanes of at least 4 members (excludes halogenated alkanes) is 16. The Labute approximate surface area is 183 Å². The standard InChI is InChI=1S/C28H50O/c1-3-5-7-8-9-10-11-12-13-14-15-16-17-18-19-20-23-27-24-21-22-25-28(27)29-26-6-4-2/h21-22,24-25H,3-20,23,26H2,1-2H3. The van der Waals surface area contributed by atoms with E-state index in [2.05, 4.69) is 38.1 Å². The molecule has 0 bridgehead atoms. The molecule has 0 fully saturated rings. The van der Waals surface area contributed by atoms with Crippen LogP contribution in [0.25, 0.3) is 0 Å². The highest BCUT2D eigenvalue weighted by Gasteiger charge is 2.03. The van der Waals surface area contributed by atoms with Gasteiger partial charge in [0.05, 0.1) is 6.61 Å². The van der Waals surface area contributed by atoms with Crippen LogP contribution in [0.15, 0.2) is 24.3 Å². The zero-order valence-corrected chi connectivity index (χ0v) is 19.9. The smallest absolute Gasteiger partial charge is 0.122 e. The molecule has 0 atom stereocenters. The maximum Gasteiger partial charge on any atom is 0.122 e. The Hall–Kier alpha value is -0.980. The van der Waals surface area contributed by atoms with E-state index in [0.29, 0.717) is 0 Å². The van der Waals surface area contributed by atoms with Gasteiger partial charge >= 0.3 is 0 Å². The second-order valence-electron chi connectivity index (χ2n) is 8.86. The van der Waals surface area contributed by atoms with Gasteiger partial charge in [-0.05, 0) is 30.9 Å². The van der Waals surface area contributed by atoms with Gasteiger partial charge in [-0.1, -0.05) is 135 Å².